The Morgan fingerprint density at radius 2 is 1.75 bits per heavy atom. The van der Waals surface area contributed by atoms with Crippen molar-refractivity contribution in [3.05, 3.63) is 28.7 Å². The quantitative estimate of drug-likeness (QED) is 0.388. The molecule has 0 radical (unpaired) electrons. The molecule has 0 spiro atoms. The molecule has 5 aliphatic rings. The minimum atomic E-state index is -0.588. The number of aliphatic carboxylic acids is 1. The third-order valence-corrected chi connectivity index (χ3v) is 14.1. The molecule has 0 amide bonds. The maximum Gasteiger partial charge on any atom is 0.310 e. The highest BCUT2D eigenvalue weighted by Gasteiger charge is 2.69. The molecular weight excluding hydrogens is 496 g/mol. The zero-order valence-corrected chi connectivity index (χ0v) is 26.5. The number of aryl methyl sites for hydroxylation is 1. The maximum atomic E-state index is 13.0. The van der Waals surface area contributed by atoms with Crippen LogP contribution in [0.15, 0.2) is 11.6 Å². The van der Waals surface area contributed by atoms with Crippen molar-refractivity contribution in [3.63, 3.8) is 0 Å². The van der Waals surface area contributed by atoms with E-state index in [1.165, 1.54) is 29.7 Å². The molecule has 3 fully saturated rings. The normalized spacial score (nSPS) is 45.1. The first kappa shape index (κ1) is 28.2. The van der Waals surface area contributed by atoms with Crippen molar-refractivity contribution >= 4 is 5.97 Å². The van der Waals surface area contributed by atoms with Crippen molar-refractivity contribution < 1.29 is 14.6 Å². The summed E-state index contributed by atoms with van der Waals surface area (Å²) in [4.78, 5) is 22.8. The zero-order chi connectivity index (χ0) is 29.0. The second kappa shape index (κ2) is 8.80. The highest BCUT2D eigenvalue weighted by Crippen LogP contribution is 2.75. The minimum Gasteiger partial charge on any atom is -0.481 e. The van der Waals surface area contributed by atoms with Crippen LogP contribution in [0, 0.1) is 58.2 Å². The molecule has 1 aromatic heterocycles. The highest BCUT2D eigenvalue weighted by molar-refractivity contribution is 5.76. The van der Waals surface area contributed by atoms with Gasteiger partial charge < -0.3 is 9.84 Å². The molecule has 0 unspecified atom stereocenters. The number of allylic oxidation sites excluding steroid dienone is 2. The standard InChI is InChI=1S/C35H52N2O3/c1-10-40-29-23-19-32(7)25(31(5,6)28(23)36-22(4)37-29)14-15-34(9)26(32)12-11-24-27-21(3)20(2)13-16-35(27,30(38)39)18-17-33(24,34)8/h11,20-21,25-27H,10,12-19H2,1-9H3,(H,38,39)/t20-,21+,25+,26-,27+,32+,33-,34-,35+/m1/s1. The lowest BCUT2D eigenvalue weighted by Gasteiger charge is -2.70. The first-order valence-corrected chi connectivity index (χ1v) is 16.1. The number of carboxylic acid groups (broad SMARTS) is 1. The van der Waals surface area contributed by atoms with Crippen molar-refractivity contribution in [1.29, 1.82) is 0 Å². The summed E-state index contributed by atoms with van der Waals surface area (Å²) in [6.45, 7) is 21.9. The highest BCUT2D eigenvalue weighted by atomic mass is 16.5. The average Bonchev–Trinajstić information content (AvgIpc) is 2.87. The Morgan fingerprint density at radius 1 is 1.02 bits per heavy atom. The molecule has 9 atom stereocenters. The lowest BCUT2D eigenvalue weighted by atomic mass is 9.33. The summed E-state index contributed by atoms with van der Waals surface area (Å²) in [6, 6.07) is 0. The van der Waals surface area contributed by atoms with Crippen LogP contribution in [0.5, 0.6) is 5.88 Å². The Labute approximate surface area is 242 Å². The van der Waals surface area contributed by atoms with Crippen LogP contribution in [0.25, 0.3) is 0 Å². The summed E-state index contributed by atoms with van der Waals surface area (Å²) >= 11 is 0. The number of hydrogen-bond acceptors (Lipinski definition) is 4. The molecule has 1 N–H and O–H groups in total. The molecule has 5 aliphatic carbocycles. The topological polar surface area (TPSA) is 72.3 Å². The van der Waals surface area contributed by atoms with E-state index >= 15 is 0 Å². The van der Waals surface area contributed by atoms with Crippen molar-refractivity contribution in [2.24, 2.45) is 51.2 Å². The first-order valence-electron chi connectivity index (χ1n) is 16.1. The van der Waals surface area contributed by atoms with Gasteiger partial charge in [-0.1, -0.05) is 60.1 Å². The van der Waals surface area contributed by atoms with Gasteiger partial charge in [-0.3, -0.25) is 4.79 Å². The molecule has 1 aromatic rings. The maximum absolute atomic E-state index is 13.0. The van der Waals surface area contributed by atoms with Crippen LogP contribution < -0.4 is 4.74 Å². The van der Waals surface area contributed by atoms with Crippen LogP contribution in [0.4, 0.5) is 0 Å². The van der Waals surface area contributed by atoms with Gasteiger partial charge in [0.05, 0.1) is 17.7 Å². The molecule has 0 aliphatic heterocycles. The van der Waals surface area contributed by atoms with Gasteiger partial charge in [0.1, 0.15) is 5.82 Å². The second-order valence-electron chi connectivity index (χ2n) is 15.8. The Morgan fingerprint density at radius 3 is 2.42 bits per heavy atom. The van der Waals surface area contributed by atoms with Crippen LogP contribution in [0.3, 0.4) is 0 Å². The summed E-state index contributed by atoms with van der Waals surface area (Å²) in [5, 5.41) is 10.7. The fraction of sp³-hybridized carbons (Fsp3) is 0.800. The van der Waals surface area contributed by atoms with Gasteiger partial charge in [0.25, 0.3) is 0 Å². The molecule has 0 bridgehead atoms. The van der Waals surface area contributed by atoms with Gasteiger partial charge in [0.15, 0.2) is 0 Å². The van der Waals surface area contributed by atoms with E-state index in [0.29, 0.717) is 30.3 Å². The van der Waals surface area contributed by atoms with Gasteiger partial charge in [-0.05, 0) is 111 Å². The van der Waals surface area contributed by atoms with Crippen LogP contribution in [0.2, 0.25) is 0 Å². The molecule has 40 heavy (non-hydrogen) atoms. The number of ether oxygens (including phenoxy) is 1. The Bertz CT molecular complexity index is 1270. The van der Waals surface area contributed by atoms with Crippen molar-refractivity contribution in [2.45, 2.75) is 119 Å². The third kappa shape index (κ3) is 3.35. The van der Waals surface area contributed by atoms with Gasteiger partial charge in [0.2, 0.25) is 5.88 Å². The monoisotopic (exact) mass is 548 g/mol. The predicted molar refractivity (Wildman–Crippen MR) is 158 cm³/mol. The van der Waals surface area contributed by atoms with E-state index in [2.05, 4.69) is 54.5 Å². The molecule has 6 rings (SSSR count). The lowest BCUT2D eigenvalue weighted by Crippen LogP contribution is -2.65. The summed E-state index contributed by atoms with van der Waals surface area (Å²) in [6.07, 6.45) is 10.6. The molecule has 1 heterocycles. The van der Waals surface area contributed by atoms with Gasteiger partial charge in [-0.2, -0.15) is 4.98 Å². The van der Waals surface area contributed by atoms with Gasteiger partial charge in [0, 0.05) is 11.0 Å². The van der Waals surface area contributed by atoms with Crippen LogP contribution in [0.1, 0.15) is 117 Å². The number of rotatable bonds is 3. The summed E-state index contributed by atoms with van der Waals surface area (Å²) in [7, 11) is 0. The fourth-order valence-corrected chi connectivity index (χ4v) is 11.7. The molecule has 220 valence electrons. The summed E-state index contributed by atoms with van der Waals surface area (Å²) in [5.74, 6) is 3.21. The van der Waals surface area contributed by atoms with Crippen molar-refractivity contribution in [1.82, 2.24) is 9.97 Å². The molecule has 5 nitrogen and oxygen atoms in total. The molecule has 5 heteroatoms. The van der Waals surface area contributed by atoms with Crippen molar-refractivity contribution in [2.75, 3.05) is 6.61 Å². The Balaban J connectivity index is 1.49. The second-order valence-corrected chi connectivity index (χ2v) is 15.8. The number of aromatic nitrogens is 2. The van der Waals surface area contributed by atoms with E-state index in [4.69, 9.17) is 14.7 Å². The number of carbonyl (C=O) groups is 1. The largest absolute Gasteiger partial charge is 0.481 e. The number of carboxylic acids is 1. The van der Waals surface area contributed by atoms with Crippen LogP contribution in [-0.2, 0) is 16.6 Å². The number of nitrogens with zero attached hydrogens (tertiary/aromatic N) is 2. The number of fused-ring (bicyclic) bond motifs is 8. The third-order valence-electron chi connectivity index (χ3n) is 14.1. The van der Waals surface area contributed by atoms with Gasteiger partial charge in [-0.25, -0.2) is 4.98 Å². The first-order chi connectivity index (χ1) is 18.7. The minimum absolute atomic E-state index is 0.0236. The predicted octanol–water partition coefficient (Wildman–Crippen LogP) is 7.94. The van der Waals surface area contributed by atoms with E-state index in [1.807, 2.05) is 13.8 Å². The van der Waals surface area contributed by atoms with Gasteiger partial charge in [-0.15, -0.1) is 0 Å². The molecule has 0 aromatic carbocycles. The zero-order valence-electron chi connectivity index (χ0n) is 26.5. The van der Waals surface area contributed by atoms with E-state index in [0.717, 1.165) is 50.2 Å². The molecular formula is C35H52N2O3. The summed E-state index contributed by atoms with van der Waals surface area (Å²) in [5.41, 5.74) is 3.51. The molecule has 0 saturated heterocycles. The van der Waals surface area contributed by atoms with Crippen LogP contribution in [-0.4, -0.2) is 27.7 Å². The smallest absolute Gasteiger partial charge is 0.310 e. The summed E-state index contributed by atoms with van der Waals surface area (Å²) < 4.78 is 6.17. The Kier molecular flexibility index (Phi) is 6.21. The van der Waals surface area contributed by atoms with E-state index in [-0.39, 0.29) is 27.6 Å². The number of hydrogen-bond donors (Lipinski definition) is 1. The van der Waals surface area contributed by atoms with E-state index < -0.39 is 11.4 Å². The molecule has 3 saturated carbocycles. The van der Waals surface area contributed by atoms with E-state index in [1.54, 1.807) is 0 Å². The lowest BCUT2D eigenvalue weighted by molar-refractivity contribution is -0.179. The SMILES string of the molecule is CCOc1nc(C)nc2c1C[C@]1(C)[C@H]3CC=C4[C@@H]5[C@@H](C)[C@H](C)CC[C@]5(C(=O)O)CC[C@@]4(C)[C@]3(C)CC[C@H]1C2(C)C. The van der Waals surface area contributed by atoms with E-state index in [9.17, 15) is 9.90 Å². The fourth-order valence-electron chi connectivity index (χ4n) is 11.7. The average molecular weight is 549 g/mol. The Hall–Kier alpha value is -1.91. The van der Waals surface area contributed by atoms with Crippen molar-refractivity contribution in [3.8, 4) is 5.88 Å². The van der Waals surface area contributed by atoms with Gasteiger partial charge >= 0.3 is 5.97 Å². The van der Waals surface area contributed by atoms with Crippen LogP contribution >= 0.6 is 0 Å².